The minimum atomic E-state index is -0.236. The third kappa shape index (κ3) is 4.20. The molecule has 102 valence electrons. The second-order valence-corrected chi connectivity index (χ2v) is 4.29. The van der Waals surface area contributed by atoms with Crippen molar-refractivity contribution >= 4 is 0 Å². The highest BCUT2D eigenvalue weighted by molar-refractivity contribution is 5.36. The Morgan fingerprint density at radius 3 is 2.45 bits per heavy atom. The van der Waals surface area contributed by atoms with Gasteiger partial charge in [-0.25, -0.2) is 4.39 Å². The summed E-state index contributed by atoms with van der Waals surface area (Å²) in [7, 11) is 0. The van der Waals surface area contributed by atoms with E-state index in [0.29, 0.717) is 18.7 Å². The molecule has 3 heteroatoms. The van der Waals surface area contributed by atoms with E-state index in [2.05, 4.69) is 11.8 Å². The Morgan fingerprint density at radius 1 is 1.00 bits per heavy atom. The maximum atomic E-state index is 13.4. The number of benzene rings is 2. The van der Waals surface area contributed by atoms with Crippen molar-refractivity contribution in [1.29, 1.82) is 0 Å². The standard InChI is InChI=1S/C17H16FNO/c18-17-6-2-1-5-16(17)13-20-12-15-9-7-14(8-10-15)4-3-11-19/h1-2,5-10H,11-13,19H2. The molecule has 2 N–H and O–H groups in total. The van der Waals surface area contributed by atoms with Crippen molar-refractivity contribution in [3.8, 4) is 11.8 Å². The molecule has 0 aromatic heterocycles. The van der Waals surface area contributed by atoms with E-state index in [-0.39, 0.29) is 12.4 Å². The highest BCUT2D eigenvalue weighted by Crippen LogP contribution is 2.10. The molecule has 0 aliphatic rings. The van der Waals surface area contributed by atoms with Crippen molar-refractivity contribution in [1.82, 2.24) is 0 Å². The van der Waals surface area contributed by atoms with Gasteiger partial charge in [0.25, 0.3) is 0 Å². The first-order valence-corrected chi connectivity index (χ1v) is 6.38. The predicted molar refractivity (Wildman–Crippen MR) is 77.3 cm³/mol. The SMILES string of the molecule is NCC#Cc1ccc(COCc2ccccc2F)cc1. The largest absolute Gasteiger partial charge is 0.372 e. The van der Waals surface area contributed by atoms with Crippen LogP contribution < -0.4 is 5.73 Å². The molecule has 0 heterocycles. The average molecular weight is 269 g/mol. The Labute approximate surface area is 118 Å². The van der Waals surface area contributed by atoms with E-state index in [9.17, 15) is 4.39 Å². The van der Waals surface area contributed by atoms with Gasteiger partial charge in [0.1, 0.15) is 5.82 Å². The lowest BCUT2D eigenvalue weighted by Crippen LogP contribution is -1.96. The number of hydrogen-bond acceptors (Lipinski definition) is 2. The van der Waals surface area contributed by atoms with Crippen LogP contribution in [-0.2, 0) is 18.0 Å². The number of ether oxygens (including phenoxy) is 1. The Hall–Kier alpha value is -2.15. The number of hydrogen-bond donors (Lipinski definition) is 1. The zero-order valence-electron chi connectivity index (χ0n) is 11.1. The van der Waals surface area contributed by atoms with Gasteiger partial charge in [0, 0.05) is 11.1 Å². The fourth-order valence-corrected chi connectivity index (χ4v) is 1.73. The van der Waals surface area contributed by atoms with Crippen LogP contribution in [0.5, 0.6) is 0 Å². The molecule has 2 aromatic rings. The van der Waals surface area contributed by atoms with Crippen molar-refractivity contribution < 1.29 is 9.13 Å². The lowest BCUT2D eigenvalue weighted by molar-refractivity contribution is 0.105. The summed E-state index contributed by atoms with van der Waals surface area (Å²) in [5, 5.41) is 0. The minimum Gasteiger partial charge on any atom is -0.372 e. The van der Waals surface area contributed by atoms with Crippen LogP contribution in [0.25, 0.3) is 0 Å². The monoisotopic (exact) mass is 269 g/mol. The molecule has 0 unspecified atom stereocenters. The summed E-state index contributed by atoms with van der Waals surface area (Å²) in [5.74, 6) is 5.52. The Morgan fingerprint density at radius 2 is 1.75 bits per heavy atom. The summed E-state index contributed by atoms with van der Waals surface area (Å²) in [6, 6.07) is 14.4. The van der Waals surface area contributed by atoms with Crippen LogP contribution in [-0.4, -0.2) is 6.54 Å². The molecule has 0 atom stereocenters. The van der Waals surface area contributed by atoms with Crippen LogP contribution in [0.1, 0.15) is 16.7 Å². The van der Waals surface area contributed by atoms with E-state index in [1.807, 2.05) is 24.3 Å². The van der Waals surface area contributed by atoms with Gasteiger partial charge < -0.3 is 10.5 Å². The average Bonchev–Trinajstić information content (AvgIpc) is 2.48. The van der Waals surface area contributed by atoms with Crippen LogP contribution in [0.2, 0.25) is 0 Å². The molecule has 2 nitrogen and oxygen atoms in total. The van der Waals surface area contributed by atoms with Crippen LogP contribution >= 0.6 is 0 Å². The highest BCUT2D eigenvalue weighted by Gasteiger charge is 2.00. The quantitative estimate of drug-likeness (QED) is 0.866. The molecule has 2 aromatic carbocycles. The third-order valence-corrected chi connectivity index (χ3v) is 2.77. The van der Waals surface area contributed by atoms with E-state index in [1.54, 1.807) is 18.2 Å². The van der Waals surface area contributed by atoms with Gasteiger partial charge in [-0.05, 0) is 23.8 Å². The topological polar surface area (TPSA) is 35.2 Å². The number of halogens is 1. The third-order valence-electron chi connectivity index (χ3n) is 2.77. The maximum absolute atomic E-state index is 13.4. The summed E-state index contributed by atoms with van der Waals surface area (Å²) in [5.41, 5.74) is 7.83. The molecular formula is C17H16FNO. The smallest absolute Gasteiger partial charge is 0.128 e. The molecular weight excluding hydrogens is 253 g/mol. The first kappa shape index (κ1) is 14.3. The summed E-state index contributed by atoms with van der Waals surface area (Å²) in [6.07, 6.45) is 0. The second-order valence-electron chi connectivity index (χ2n) is 4.29. The van der Waals surface area contributed by atoms with Crippen molar-refractivity contribution in [2.45, 2.75) is 13.2 Å². The van der Waals surface area contributed by atoms with Gasteiger partial charge in [0.2, 0.25) is 0 Å². The van der Waals surface area contributed by atoms with Crippen molar-refractivity contribution in [2.24, 2.45) is 5.73 Å². The van der Waals surface area contributed by atoms with Gasteiger partial charge in [-0.2, -0.15) is 0 Å². The second kappa shape index (κ2) is 7.44. The summed E-state index contributed by atoms with van der Waals surface area (Å²) < 4.78 is 18.9. The zero-order valence-corrected chi connectivity index (χ0v) is 11.1. The van der Waals surface area contributed by atoms with Crippen LogP contribution in [0.15, 0.2) is 48.5 Å². The molecule has 2 rings (SSSR count). The zero-order chi connectivity index (χ0) is 14.2. The van der Waals surface area contributed by atoms with E-state index < -0.39 is 0 Å². The maximum Gasteiger partial charge on any atom is 0.128 e. The van der Waals surface area contributed by atoms with Gasteiger partial charge in [0.05, 0.1) is 19.8 Å². The number of nitrogens with two attached hydrogens (primary N) is 1. The molecule has 20 heavy (non-hydrogen) atoms. The molecule has 0 bridgehead atoms. The highest BCUT2D eigenvalue weighted by atomic mass is 19.1. The van der Waals surface area contributed by atoms with Gasteiger partial charge >= 0.3 is 0 Å². The fourth-order valence-electron chi connectivity index (χ4n) is 1.73. The van der Waals surface area contributed by atoms with Crippen molar-refractivity contribution in [2.75, 3.05) is 6.54 Å². The molecule has 0 saturated carbocycles. The molecule has 0 radical (unpaired) electrons. The Kier molecular flexibility index (Phi) is 5.31. The number of rotatable bonds is 4. The van der Waals surface area contributed by atoms with Crippen LogP contribution in [0, 0.1) is 17.7 Å². The minimum absolute atomic E-state index is 0.236. The molecule has 0 aliphatic heterocycles. The Bertz CT molecular complexity index is 611. The fraction of sp³-hybridized carbons (Fsp3) is 0.176. The van der Waals surface area contributed by atoms with E-state index in [1.165, 1.54) is 6.07 Å². The lowest BCUT2D eigenvalue weighted by atomic mass is 10.1. The molecule has 0 spiro atoms. The molecule has 0 amide bonds. The van der Waals surface area contributed by atoms with Gasteiger partial charge in [-0.15, -0.1) is 0 Å². The van der Waals surface area contributed by atoms with E-state index >= 15 is 0 Å². The van der Waals surface area contributed by atoms with Crippen LogP contribution in [0.4, 0.5) is 4.39 Å². The normalized spacial score (nSPS) is 9.90. The van der Waals surface area contributed by atoms with Crippen LogP contribution in [0.3, 0.4) is 0 Å². The summed E-state index contributed by atoms with van der Waals surface area (Å²) >= 11 is 0. The Balaban J connectivity index is 1.87. The lowest BCUT2D eigenvalue weighted by Gasteiger charge is -2.05. The van der Waals surface area contributed by atoms with Gasteiger partial charge in [-0.1, -0.05) is 42.2 Å². The predicted octanol–water partition coefficient (Wildman–Crippen LogP) is 2.85. The van der Waals surface area contributed by atoms with Gasteiger partial charge in [0.15, 0.2) is 0 Å². The van der Waals surface area contributed by atoms with E-state index in [0.717, 1.165) is 11.1 Å². The van der Waals surface area contributed by atoms with Crippen molar-refractivity contribution in [3.63, 3.8) is 0 Å². The first-order valence-electron chi connectivity index (χ1n) is 6.38. The summed E-state index contributed by atoms with van der Waals surface area (Å²) in [6.45, 7) is 1.06. The molecule has 0 saturated heterocycles. The van der Waals surface area contributed by atoms with Gasteiger partial charge in [-0.3, -0.25) is 0 Å². The molecule has 0 aliphatic carbocycles. The molecule has 0 fully saturated rings. The summed E-state index contributed by atoms with van der Waals surface area (Å²) in [4.78, 5) is 0. The van der Waals surface area contributed by atoms with Crippen molar-refractivity contribution in [3.05, 3.63) is 71.0 Å². The first-order chi connectivity index (χ1) is 9.79. The van der Waals surface area contributed by atoms with E-state index in [4.69, 9.17) is 10.5 Å².